The summed E-state index contributed by atoms with van der Waals surface area (Å²) in [6.45, 7) is 3.21. The van der Waals surface area contributed by atoms with Gasteiger partial charge in [0.1, 0.15) is 43.2 Å². The first-order valence-electron chi connectivity index (χ1n) is 24.7. The second-order valence-corrected chi connectivity index (χ2v) is 18.4. The van der Waals surface area contributed by atoms with Gasteiger partial charge in [-0.2, -0.15) is 0 Å². The van der Waals surface area contributed by atoms with Crippen LogP contribution in [-0.4, -0.2) is 98.3 Å². The Morgan fingerprint density at radius 1 is 0.477 bits per heavy atom. The summed E-state index contributed by atoms with van der Waals surface area (Å²) in [6.07, 6.45) is 38.2. The number of aliphatic hydroxyl groups excluding tert-OH is 5. The van der Waals surface area contributed by atoms with Crippen LogP contribution in [0.15, 0.2) is 72.9 Å². The Balaban J connectivity index is 2.49. The van der Waals surface area contributed by atoms with Crippen molar-refractivity contribution in [3.05, 3.63) is 72.9 Å². The summed E-state index contributed by atoms with van der Waals surface area (Å²) < 4.78 is 33.5. The molecule has 0 amide bonds. The summed E-state index contributed by atoms with van der Waals surface area (Å²) in [5, 5.41) is 50.2. The van der Waals surface area contributed by atoms with E-state index < -0.39 is 75.7 Å². The normalized spacial score (nSPS) is 22.0. The number of phosphoric acid groups is 1. The molecular formula is C51H87O13P. The van der Waals surface area contributed by atoms with Gasteiger partial charge in [-0.25, -0.2) is 4.57 Å². The standard InChI is InChI=1S/C51H87O13P/c1-3-5-7-9-11-13-15-17-19-20-21-22-23-24-26-27-29-31-33-35-37-39-44(52)61-41-43(42-62-65(59,60)64-51-49(57)47(55)46(54)48(56)50(51)58)63-45(53)40-38-36-34-32-30-28-25-18-16-14-12-10-8-6-4-2/h18-20,22-23,25-27,30-33,43,46-51,54-58H,3-17,21,24,28-29,34-42H2,1-2H3,(H,59,60)/b20-19+,23-22+,25-18+,27-26+,32-30+,33-31+/t43-,46?,47-,48?,49?,50?,51?/m0/s1. The summed E-state index contributed by atoms with van der Waals surface area (Å²) in [5.41, 5.74) is 0. The molecule has 0 spiro atoms. The smallest absolute Gasteiger partial charge is 0.462 e. The molecule has 1 fully saturated rings. The van der Waals surface area contributed by atoms with Gasteiger partial charge in [0.2, 0.25) is 0 Å². The zero-order valence-electron chi connectivity index (χ0n) is 39.8. The Kier molecular flexibility index (Phi) is 37.5. The summed E-state index contributed by atoms with van der Waals surface area (Å²) in [6, 6.07) is 0. The molecule has 0 aromatic rings. The van der Waals surface area contributed by atoms with E-state index in [1.54, 1.807) is 0 Å². The fourth-order valence-corrected chi connectivity index (χ4v) is 7.99. The quantitative estimate of drug-likeness (QED) is 0.0146. The number of ether oxygens (including phenoxy) is 2. The summed E-state index contributed by atoms with van der Waals surface area (Å²) in [7, 11) is -5.14. The highest BCUT2D eigenvalue weighted by Crippen LogP contribution is 2.47. The fourth-order valence-electron chi connectivity index (χ4n) is 7.02. The molecule has 65 heavy (non-hydrogen) atoms. The van der Waals surface area contributed by atoms with Gasteiger partial charge in [-0.3, -0.25) is 18.6 Å². The number of unbranched alkanes of at least 4 members (excludes halogenated alkanes) is 16. The SMILES string of the molecule is CCCCCCCC/C=C/C/C=C/CCCCC(=O)O[C@@H](COC(=O)CCC/C=C/C/C=C/C/C=C/C/C=C/CCCCCCCCC)COP(=O)(O)OC1C(O)C(O)C(O)[C@H](O)C1O. The second kappa shape index (κ2) is 40.4. The van der Waals surface area contributed by atoms with E-state index in [-0.39, 0.29) is 12.8 Å². The molecular weight excluding hydrogens is 852 g/mol. The van der Waals surface area contributed by atoms with Crippen LogP contribution in [0.25, 0.3) is 0 Å². The van der Waals surface area contributed by atoms with E-state index in [9.17, 15) is 44.6 Å². The van der Waals surface area contributed by atoms with E-state index in [4.69, 9.17) is 18.5 Å². The number of allylic oxidation sites excluding steroid dienone is 12. The predicted molar refractivity (Wildman–Crippen MR) is 258 cm³/mol. The first-order chi connectivity index (χ1) is 31.4. The van der Waals surface area contributed by atoms with E-state index >= 15 is 0 Å². The van der Waals surface area contributed by atoms with Gasteiger partial charge in [0.05, 0.1) is 6.61 Å². The third-order valence-corrected chi connectivity index (χ3v) is 12.0. The molecule has 1 saturated carbocycles. The van der Waals surface area contributed by atoms with Gasteiger partial charge in [0.15, 0.2) is 6.10 Å². The molecule has 1 rings (SSSR count). The lowest BCUT2D eigenvalue weighted by Crippen LogP contribution is -2.64. The number of carbonyl (C=O) groups excluding carboxylic acids is 2. The summed E-state index contributed by atoms with van der Waals surface area (Å²) in [4.78, 5) is 35.7. The molecule has 1 aliphatic rings. The average Bonchev–Trinajstić information content (AvgIpc) is 3.29. The van der Waals surface area contributed by atoms with Crippen LogP contribution in [0.4, 0.5) is 0 Å². The van der Waals surface area contributed by atoms with Crippen LogP contribution in [0.1, 0.15) is 181 Å². The molecule has 13 nitrogen and oxygen atoms in total. The zero-order valence-corrected chi connectivity index (χ0v) is 40.7. The van der Waals surface area contributed by atoms with Gasteiger partial charge in [-0.05, 0) is 83.5 Å². The van der Waals surface area contributed by atoms with Crippen molar-refractivity contribution >= 4 is 19.8 Å². The van der Waals surface area contributed by atoms with Crippen LogP contribution < -0.4 is 0 Å². The van der Waals surface area contributed by atoms with E-state index in [1.807, 2.05) is 12.2 Å². The van der Waals surface area contributed by atoms with Crippen molar-refractivity contribution < 1.29 is 63.1 Å². The topological polar surface area (TPSA) is 210 Å². The zero-order chi connectivity index (χ0) is 47.8. The maximum absolute atomic E-state index is 12.8. The van der Waals surface area contributed by atoms with Crippen molar-refractivity contribution in [2.75, 3.05) is 13.2 Å². The number of aliphatic hydroxyl groups is 5. The Morgan fingerprint density at radius 3 is 1.31 bits per heavy atom. The van der Waals surface area contributed by atoms with Gasteiger partial charge in [0, 0.05) is 12.8 Å². The minimum atomic E-state index is -5.14. The summed E-state index contributed by atoms with van der Waals surface area (Å²) in [5.74, 6) is -1.21. The van der Waals surface area contributed by atoms with Crippen molar-refractivity contribution in [3.63, 3.8) is 0 Å². The van der Waals surface area contributed by atoms with Gasteiger partial charge in [-0.15, -0.1) is 0 Å². The Bertz CT molecular complexity index is 1410. The van der Waals surface area contributed by atoms with Gasteiger partial charge < -0.3 is 39.9 Å². The van der Waals surface area contributed by atoms with E-state index in [2.05, 4.69) is 74.6 Å². The van der Waals surface area contributed by atoms with Crippen LogP contribution in [0.3, 0.4) is 0 Å². The molecule has 6 N–H and O–H groups in total. The molecule has 0 aromatic carbocycles. The van der Waals surface area contributed by atoms with Crippen molar-refractivity contribution in [1.29, 1.82) is 0 Å². The van der Waals surface area contributed by atoms with E-state index in [1.165, 1.54) is 83.5 Å². The Hall–Kier alpha value is -2.71. The number of phosphoric ester groups is 1. The highest BCUT2D eigenvalue weighted by molar-refractivity contribution is 7.47. The Labute approximate surface area is 391 Å². The monoisotopic (exact) mass is 939 g/mol. The predicted octanol–water partition coefficient (Wildman–Crippen LogP) is 10.3. The van der Waals surface area contributed by atoms with Gasteiger partial charge >= 0.3 is 19.8 Å². The summed E-state index contributed by atoms with van der Waals surface area (Å²) >= 11 is 0. The molecule has 0 bridgehead atoms. The van der Waals surface area contributed by atoms with E-state index in [0.29, 0.717) is 19.3 Å². The van der Waals surface area contributed by atoms with E-state index in [0.717, 1.165) is 51.4 Å². The highest BCUT2D eigenvalue weighted by Gasteiger charge is 2.51. The molecule has 0 radical (unpaired) electrons. The first kappa shape index (κ1) is 60.3. The fraction of sp³-hybridized carbons (Fsp3) is 0.725. The third-order valence-electron chi connectivity index (χ3n) is 11.0. The lowest BCUT2D eigenvalue weighted by atomic mass is 9.85. The molecule has 0 aromatic heterocycles. The van der Waals surface area contributed by atoms with Crippen LogP contribution >= 0.6 is 7.82 Å². The minimum absolute atomic E-state index is 0.0392. The van der Waals surface area contributed by atoms with Crippen molar-refractivity contribution in [2.45, 2.75) is 224 Å². The molecule has 8 atom stereocenters. The lowest BCUT2D eigenvalue weighted by molar-refractivity contribution is -0.220. The van der Waals surface area contributed by atoms with Crippen molar-refractivity contribution in [2.24, 2.45) is 0 Å². The second-order valence-electron chi connectivity index (χ2n) is 17.0. The van der Waals surface area contributed by atoms with Gasteiger partial charge in [-0.1, -0.05) is 157 Å². The average molecular weight is 939 g/mol. The van der Waals surface area contributed by atoms with Crippen LogP contribution in [0, 0.1) is 0 Å². The lowest BCUT2D eigenvalue weighted by Gasteiger charge is -2.41. The van der Waals surface area contributed by atoms with Gasteiger partial charge in [0.25, 0.3) is 0 Å². The molecule has 14 heteroatoms. The molecule has 6 unspecified atom stereocenters. The Morgan fingerprint density at radius 2 is 0.846 bits per heavy atom. The maximum atomic E-state index is 12.8. The van der Waals surface area contributed by atoms with Crippen LogP contribution in [-0.2, 0) is 32.7 Å². The maximum Gasteiger partial charge on any atom is 0.472 e. The third kappa shape index (κ3) is 32.6. The minimum Gasteiger partial charge on any atom is -0.462 e. The van der Waals surface area contributed by atoms with Crippen LogP contribution in [0.2, 0.25) is 0 Å². The number of hydrogen-bond acceptors (Lipinski definition) is 12. The molecule has 0 aliphatic heterocycles. The van der Waals surface area contributed by atoms with Crippen LogP contribution in [0.5, 0.6) is 0 Å². The highest BCUT2D eigenvalue weighted by atomic mass is 31.2. The van der Waals surface area contributed by atoms with Crippen molar-refractivity contribution in [1.82, 2.24) is 0 Å². The first-order valence-corrected chi connectivity index (χ1v) is 26.2. The molecule has 1 aliphatic carbocycles. The number of esters is 2. The van der Waals surface area contributed by atoms with Crippen molar-refractivity contribution in [3.8, 4) is 0 Å². The number of carbonyl (C=O) groups is 2. The largest absolute Gasteiger partial charge is 0.472 e. The molecule has 374 valence electrons. The number of hydrogen-bond donors (Lipinski definition) is 6. The molecule has 0 heterocycles. The molecule has 0 saturated heterocycles. The number of rotatable bonds is 40.